The molecule has 0 spiro atoms. The molecule has 7 nitrogen and oxygen atoms in total. The van der Waals surface area contributed by atoms with Crippen LogP contribution >= 0.6 is 85.5 Å². The molecule has 0 aliphatic heterocycles. The summed E-state index contributed by atoms with van der Waals surface area (Å²) in [5.74, 6) is 0. The Hall–Kier alpha value is 1.43. The average Bonchev–Trinajstić information content (AvgIpc) is 2.20. The minimum atomic E-state index is 0. The zero-order valence-electron chi connectivity index (χ0n) is 13.6. The molecule has 0 unspecified atom stereocenters. The van der Waals surface area contributed by atoms with Crippen molar-refractivity contribution in [3.63, 3.8) is 0 Å². The van der Waals surface area contributed by atoms with Gasteiger partial charge in [-0.1, -0.05) is 30.2 Å². The summed E-state index contributed by atoms with van der Waals surface area (Å²) >= 11 is 57.8. The second-order valence-electron chi connectivity index (χ2n) is 2.23. The Labute approximate surface area is 261 Å². The fourth-order valence-electron chi connectivity index (χ4n) is 0. The number of hydrogen-bond acceptors (Lipinski definition) is 14. The Morgan fingerprint density at radius 1 is 0.310 bits per heavy atom. The van der Waals surface area contributed by atoms with Crippen LogP contribution in [0.2, 0.25) is 0 Å². The molecule has 14 N–H and O–H groups in total. The quantitative estimate of drug-likeness (QED) is 0.110. The third kappa shape index (κ3) is 10800. The van der Waals surface area contributed by atoms with Gasteiger partial charge in [0.1, 0.15) is 0 Å². The van der Waals surface area contributed by atoms with Crippen molar-refractivity contribution in [2.24, 2.45) is 40.1 Å². The Morgan fingerprint density at radius 2 is 0.310 bits per heavy atom. The van der Waals surface area contributed by atoms with Gasteiger partial charge in [-0.3, -0.25) is 0 Å². The molecule has 0 amide bonds. The van der Waals surface area contributed by atoms with Crippen molar-refractivity contribution >= 4 is 204 Å². The molecule has 0 aliphatic carbocycles. The summed E-state index contributed by atoms with van der Waals surface area (Å²) in [6.45, 7) is 0. The summed E-state index contributed by atoms with van der Waals surface area (Å²) in [5.41, 5.74) is 32.6. The van der Waals surface area contributed by atoms with E-state index in [-0.39, 0.29) is 50.7 Å². The van der Waals surface area contributed by atoms with E-state index in [0.29, 0.717) is 0 Å². The molecule has 0 heterocycles. The number of hydrogen-bond donors (Lipinski definition) is 7. The Bertz CT molecular complexity index is 327. The van der Waals surface area contributed by atoms with E-state index in [1.807, 2.05) is 0 Å². The van der Waals surface area contributed by atoms with Gasteiger partial charge >= 0.3 is 0 Å². The van der Waals surface area contributed by atoms with Crippen LogP contribution in [0, 0.1) is 0 Å². The van der Waals surface area contributed by atoms with E-state index in [0.717, 1.165) is 0 Å². The second kappa shape index (κ2) is 47.3. The van der Waals surface area contributed by atoms with Crippen molar-refractivity contribution in [2.45, 2.75) is 0 Å². The number of rotatable bonds is 0. The van der Waals surface area contributed by atoms with Gasteiger partial charge in [0.15, 0.2) is 0 Å². The van der Waals surface area contributed by atoms with Crippen LogP contribution in [-0.4, -0.2) is 30.2 Å². The summed E-state index contributed by atoms with van der Waals surface area (Å²) in [5, 5.41) is 0. The third-order valence-corrected chi connectivity index (χ3v) is 0. The maximum atomic E-state index is 4.66. The van der Waals surface area contributed by atoms with Gasteiger partial charge < -0.3 is 214 Å². The summed E-state index contributed by atoms with van der Waals surface area (Å²) < 4.78 is 0.583. The van der Waals surface area contributed by atoms with Crippen LogP contribution in [-0.2, 0) is 109 Å². The van der Waals surface area contributed by atoms with Gasteiger partial charge in [0.05, 0.1) is 0 Å². The molecule has 0 aromatic heterocycles. The number of nitrogens with two attached hydrogens (primary N) is 7. The van der Waals surface area contributed by atoms with Crippen molar-refractivity contribution in [3.05, 3.63) is 0 Å². The fraction of sp³-hybridized carbons (Fsp3) is 0. The zero-order valence-corrected chi connectivity index (χ0v) is 27.8. The van der Waals surface area contributed by atoms with Crippen LogP contribution in [0.4, 0.5) is 0 Å². The van der Waals surface area contributed by atoms with Crippen molar-refractivity contribution in [1.82, 2.24) is 0 Å². The van der Waals surface area contributed by atoms with Crippen LogP contribution < -0.4 is 40.1 Å². The molecular weight excluding hydrogens is 817 g/mol. The Balaban J connectivity index is -0.0000000294. The molecule has 22 heteroatoms. The molecule has 29 heavy (non-hydrogen) atoms. The molecule has 0 bridgehead atoms. The largest absolute Gasteiger partial charge is 0.415 e. The van der Waals surface area contributed by atoms with E-state index in [9.17, 15) is 0 Å². The summed E-state index contributed by atoms with van der Waals surface area (Å²) in [6.07, 6.45) is 0. The smallest absolute Gasteiger partial charge is 0 e. The predicted octanol–water partition coefficient (Wildman–Crippen LogP) is -1.56. The molecule has 0 fully saturated rings. The third-order valence-electron chi connectivity index (χ3n) is 0. The first-order valence-corrected chi connectivity index (χ1v) is 10.6. The van der Waals surface area contributed by atoms with E-state index in [2.05, 4.69) is 214 Å². The topological polar surface area (TPSA) is 182 Å². The summed E-state index contributed by atoms with van der Waals surface area (Å²) in [4.78, 5) is 0. The number of thiocarbonyl (C=S) groups is 7. The molecule has 175 valence electrons. The van der Waals surface area contributed by atoms with Gasteiger partial charge in [0.2, 0.25) is 0 Å². The maximum absolute atomic E-state index is 4.66. The zero-order chi connectivity index (χ0) is 25.0. The summed E-state index contributed by atoms with van der Waals surface area (Å²) in [6, 6.07) is 0. The SMILES string of the molecule is NC(=S)[S-].NC(=S)[S-].NC(=S)[S-].NC(=S)[S-].NC(=S)[S-].NC(=S)[S-].NC(=S)[S-].[Re]. The molecule has 0 aromatic carbocycles. The second-order valence-corrected chi connectivity index (χ2v) is 10.2. The maximum Gasteiger partial charge on any atom is 0 e. The van der Waals surface area contributed by atoms with E-state index < -0.39 is 0 Å². The first kappa shape index (κ1) is 52.4. The first-order valence-electron chi connectivity index (χ1n) is 4.88. The molecule has 0 saturated carbocycles. The van der Waals surface area contributed by atoms with Crippen LogP contribution in [0.1, 0.15) is 0 Å². The van der Waals surface area contributed by atoms with E-state index in [1.165, 1.54) is 0 Å². The van der Waals surface area contributed by atoms with Gasteiger partial charge in [0, 0.05) is 20.4 Å². The monoisotopic (exact) mass is 831 g/mol. The molecule has 0 atom stereocenters. The van der Waals surface area contributed by atoms with Crippen molar-refractivity contribution in [2.75, 3.05) is 0 Å². The average molecular weight is 831 g/mol. The normalized spacial score (nSPS) is 5.79. The summed E-state index contributed by atoms with van der Waals surface area (Å²) in [7, 11) is 0. The molecular formula is C7H14N7ReS14-7. The van der Waals surface area contributed by atoms with Crippen LogP contribution in [0.5, 0.6) is 0 Å². The Kier molecular flexibility index (Phi) is 85.4. The van der Waals surface area contributed by atoms with Gasteiger partial charge in [0.25, 0.3) is 0 Å². The molecule has 0 rings (SSSR count). The fourth-order valence-corrected chi connectivity index (χ4v) is 0. The van der Waals surface area contributed by atoms with Gasteiger partial charge in [-0.2, -0.15) is 0 Å². The van der Waals surface area contributed by atoms with Gasteiger partial charge in [-0.05, 0) is 0 Å². The van der Waals surface area contributed by atoms with Crippen LogP contribution in [0.15, 0.2) is 0 Å². The molecule has 0 saturated heterocycles. The van der Waals surface area contributed by atoms with E-state index in [4.69, 9.17) is 0 Å². The van der Waals surface area contributed by atoms with Crippen LogP contribution in [0.3, 0.4) is 0 Å². The van der Waals surface area contributed by atoms with Crippen molar-refractivity contribution < 1.29 is 20.4 Å². The van der Waals surface area contributed by atoms with Crippen molar-refractivity contribution in [3.8, 4) is 0 Å². The van der Waals surface area contributed by atoms with Crippen LogP contribution in [0.25, 0.3) is 0 Å². The van der Waals surface area contributed by atoms with Gasteiger partial charge in [-0.25, -0.2) is 0 Å². The first-order chi connectivity index (χ1) is 12.1. The Morgan fingerprint density at radius 3 is 0.310 bits per heavy atom. The van der Waals surface area contributed by atoms with Gasteiger partial charge in [-0.15, -0.1) is 0 Å². The minimum Gasteiger partial charge on any atom is -0.415 e. The molecule has 0 aliphatic rings. The van der Waals surface area contributed by atoms with E-state index in [1.54, 1.807) is 0 Å². The molecule has 1 radical (unpaired) electrons. The molecule has 0 aromatic rings. The predicted molar refractivity (Wildman–Crippen MR) is 169 cm³/mol. The van der Waals surface area contributed by atoms with Crippen molar-refractivity contribution in [1.29, 1.82) is 0 Å². The minimum absolute atomic E-state index is 0. The van der Waals surface area contributed by atoms with E-state index >= 15 is 0 Å². The standard InChI is InChI=1S/7CH3NS2.Re/c7*2-1(3)4;/h7*(H3,2,3,4);/p-7.